The van der Waals surface area contributed by atoms with E-state index >= 15 is 0 Å². The smallest absolute Gasteiger partial charge is 0.293 e. The molecule has 0 spiro atoms. The molecule has 0 N–H and O–H groups in total. The fourth-order valence-electron chi connectivity index (χ4n) is 3.62. The van der Waals surface area contributed by atoms with Gasteiger partial charge in [0.15, 0.2) is 0 Å². The van der Waals surface area contributed by atoms with Crippen molar-refractivity contribution in [2.24, 2.45) is 0 Å². The minimum atomic E-state index is -0.230. The monoisotopic (exact) mass is 354 g/mol. The van der Waals surface area contributed by atoms with Crippen molar-refractivity contribution >= 4 is 6.47 Å². The van der Waals surface area contributed by atoms with Gasteiger partial charge in [-0.05, 0) is 32.6 Å². The number of hydrogen-bond acceptors (Lipinski definition) is 2. The Kier molecular flexibility index (Phi) is 17.9. The zero-order valence-electron chi connectivity index (χ0n) is 17.6. The molecule has 150 valence electrons. The minimum absolute atomic E-state index is 0.230. The molecule has 0 aliphatic carbocycles. The highest BCUT2D eigenvalue weighted by Gasteiger charge is 2.24. The molecule has 0 aromatic rings. The SMILES string of the molecule is CCCCCCCCCCC(C)(CCCCCCCCCC)OC=O. The summed E-state index contributed by atoms with van der Waals surface area (Å²) >= 11 is 0. The van der Waals surface area contributed by atoms with Crippen molar-refractivity contribution in [3.8, 4) is 0 Å². The van der Waals surface area contributed by atoms with Gasteiger partial charge in [0.1, 0.15) is 5.60 Å². The van der Waals surface area contributed by atoms with Gasteiger partial charge in [0.25, 0.3) is 6.47 Å². The number of hydrogen-bond donors (Lipinski definition) is 0. The van der Waals surface area contributed by atoms with Crippen LogP contribution in [0.5, 0.6) is 0 Å². The first-order valence-corrected chi connectivity index (χ1v) is 11.3. The van der Waals surface area contributed by atoms with Crippen molar-refractivity contribution in [2.45, 2.75) is 142 Å². The van der Waals surface area contributed by atoms with Gasteiger partial charge in [0.2, 0.25) is 0 Å². The number of carbonyl (C=O) groups is 1. The largest absolute Gasteiger partial charge is 0.462 e. The number of ether oxygens (including phenoxy) is 1. The Balaban J connectivity index is 3.68. The molecular formula is C23H46O2. The van der Waals surface area contributed by atoms with Crippen molar-refractivity contribution in [3.63, 3.8) is 0 Å². The molecule has 0 atom stereocenters. The molecule has 2 nitrogen and oxygen atoms in total. The summed E-state index contributed by atoms with van der Waals surface area (Å²) in [6.07, 6.45) is 23.3. The highest BCUT2D eigenvalue weighted by Crippen LogP contribution is 2.26. The molecule has 0 aliphatic rings. The predicted octanol–water partition coefficient (Wildman–Crippen LogP) is 7.98. The normalized spacial score (nSPS) is 11.6. The summed E-state index contributed by atoms with van der Waals surface area (Å²) in [7, 11) is 0. The molecule has 0 saturated heterocycles. The molecule has 0 bridgehead atoms. The van der Waals surface area contributed by atoms with Crippen LogP contribution in [0.4, 0.5) is 0 Å². The van der Waals surface area contributed by atoms with Crippen molar-refractivity contribution in [3.05, 3.63) is 0 Å². The first-order chi connectivity index (χ1) is 12.2. The van der Waals surface area contributed by atoms with Crippen molar-refractivity contribution in [2.75, 3.05) is 0 Å². The molecule has 0 amide bonds. The lowest BCUT2D eigenvalue weighted by Gasteiger charge is -2.28. The van der Waals surface area contributed by atoms with E-state index in [9.17, 15) is 4.79 Å². The van der Waals surface area contributed by atoms with Crippen molar-refractivity contribution in [1.82, 2.24) is 0 Å². The Morgan fingerprint density at radius 2 is 0.920 bits per heavy atom. The lowest BCUT2D eigenvalue weighted by Crippen LogP contribution is -2.28. The molecule has 0 aliphatic heterocycles. The van der Waals surface area contributed by atoms with E-state index in [1.165, 1.54) is 103 Å². The summed E-state index contributed by atoms with van der Waals surface area (Å²) in [4.78, 5) is 10.9. The van der Waals surface area contributed by atoms with Crippen LogP contribution < -0.4 is 0 Å². The maximum atomic E-state index is 10.9. The molecule has 0 fully saturated rings. The van der Waals surface area contributed by atoms with Gasteiger partial charge in [-0.1, -0.05) is 104 Å². The minimum Gasteiger partial charge on any atom is -0.462 e. The quantitative estimate of drug-likeness (QED) is 0.164. The lowest BCUT2D eigenvalue weighted by molar-refractivity contribution is -0.143. The zero-order valence-corrected chi connectivity index (χ0v) is 17.6. The van der Waals surface area contributed by atoms with Crippen LogP contribution in [-0.2, 0) is 9.53 Å². The van der Waals surface area contributed by atoms with E-state index in [1.807, 2.05) is 0 Å². The van der Waals surface area contributed by atoms with Gasteiger partial charge in [-0.3, -0.25) is 4.79 Å². The summed E-state index contributed by atoms with van der Waals surface area (Å²) in [5.74, 6) is 0. The molecule has 0 radical (unpaired) electrons. The molecule has 0 aromatic heterocycles. The van der Waals surface area contributed by atoms with E-state index in [4.69, 9.17) is 4.74 Å². The molecule has 2 heteroatoms. The van der Waals surface area contributed by atoms with Crippen LogP contribution in [0.25, 0.3) is 0 Å². The topological polar surface area (TPSA) is 26.3 Å². The van der Waals surface area contributed by atoms with Gasteiger partial charge >= 0.3 is 0 Å². The van der Waals surface area contributed by atoms with Crippen LogP contribution in [-0.4, -0.2) is 12.1 Å². The van der Waals surface area contributed by atoms with Crippen LogP contribution >= 0.6 is 0 Å². The summed E-state index contributed by atoms with van der Waals surface area (Å²) in [6, 6.07) is 0. The van der Waals surface area contributed by atoms with Gasteiger partial charge < -0.3 is 4.74 Å². The molecule has 25 heavy (non-hydrogen) atoms. The van der Waals surface area contributed by atoms with Gasteiger partial charge in [-0.25, -0.2) is 0 Å². The molecule has 0 heterocycles. The molecule has 0 aromatic carbocycles. The van der Waals surface area contributed by atoms with Crippen LogP contribution in [0.2, 0.25) is 0 Å². The number of rotatable bonds is 20. The second-order valence-corrected chi connectivity index (χ2v) is 8.11. The Morgan fingerprint density at radius 1 is 0.600 bits per heavy atom. The number of carbonyl (C=O) groups excluding carboxylic acids is 1. The third kappa shape index (κ3) is 16.7. The first kappa shape index (κ1) is 24.5. The molecule has 0 unspecified atom stereocenters. The second kappa shape index (κ2) is 18.3. The van der Waals surface area contributed by atoms with Crippen LogP contribution in [0.1, 0.15) is 136 Å². The van der Waals surface area contributed by atoms with Crippen LogP contribution in [0.3, 0.4) is 0 Å². The Hall–Kier alpha value is -0.530. The standard InChI is InChI=1S/C23H46O2/c1-4-6-8-10-12-14-16-18-20-23(3,25-22-24)21-19-17-15-13-11-9-7-5-2/h22H,4-21H2,1-3H3. The number of unbranched alkanes of at least 4 members (excludes halogenated alkanes) is 14. The third-order valence-electron chi connectivity index (χ3n) is 5.45. The van der Waals surface area contributed by atoms with E-state index in [2.05, 4.69) is 20.8 Å². The van der Waals surface area contributed by atoms with E-state index < -0.39 is 0 Å². The van der Waals surface area contributed by atoms with Crippen LogP contribution in [0, 0.1) is 0 Å². The Labute approximate surface area is 158 Å². The van der Waals surface area contributed by atoms with Gasteiger partial charge in [-0.2, -0.15) is 0 Å². The molecule has 0 rings (SSSR count). The third-order valence-corrected chi connectivity index (χ3v) is 5.45. The Bertz CT molecular complexity index is 255. The second-order valence-electron chi connectivity index (χ2n) is 8.11. The van der Waals surface area contributed by atoms with Crippen LogP contribution in [0.15, 0.2) is 0 Å². The fourth-order valence-corrected chi connectivity index (χ4v) is 3.62. The van der Waals surface area contributed by atoms with Crippen molar-refractivity contribution < 1.29 is 9.53 Å². The lowest BCUT2D eigenvalue weighted by atomic mass is 9.91. The molecule has 0 saturated carbocycles. The highest BCUT2D eigenvalue weighted by molar-refractivity contribution is 5.38. The summed E-state index contributed by atoms with van der Waals surface area (Å²) in [5.41, 5.74) is -0.230. The van der Waals surface area contributed by atoms with E-state index in [-0.39, 0.29) is 5.60 Å². The van der Waals surface area contributed by atoms with Crippen molar-refractivity contribution in [1.29, 1.82) is 0 Å². The summed E-state index contributed by atoms with van der Waals surface area (Å²) < 4.78 is 5.47. The van der Waals surface area contributed by atoms with Gasteiger partial charge in [0.05, 0.1) is 0 Å². The Morgan fingerprint density at radius 3 is 1.24 bits per heavy atom. The summed E-state index contributed by atoms with van der Waals surface area (Å²) in [5, 5.41) is 0. The van der Waals surface area contributed by atoms with Gasteiger partial charge in [-0.15, -0.1) is 0 Å². The summed E-state index contributed by atoms with van der Waals surface area (Å²) in [6.45, 7) is 7.32. The van der Waals surface area contributed by atoms with E-state index in [0.29, 0.717) is 6.47 Å². The fraction of sp³-hybridized carbons (Fsp3) is 0.957. The predicted molar refractivity (Wildman–Crippen MR) is 110 cm³/mol. The first-order valence-electron chi connectivity index (χ1n) is 11.3. The van der Waals surface area contributed by atoms with E-state index in [1.54, 1.807) is 0 Å². The van der Waals surface area contributed by atoms with Gasteiger partial charge in [0, 0.05) is 0 Å². The van der Waals surface area contributed by atoms with E-state index in [0.717, 1.165) is 12.8 Å². The maximum absolute atomic E-state index is 10.9. The average molecular weight is 355 g/mol. The zero-order chi connectivity index (χ0) is 18.6. The highest BCUT2D eigenvalue weighted by atomic mass is 16.5. The molecular weight excluding hydrogens is 308 g/mol. The maximum Gasteiger partial charge on any atom is 0.293 e. The average Bonchev–Trinajstić information content (AvgIpc) is 2.60.